The first-order valence-corrected chi connectivity index (χ1v) is 7.64. The van der Waals surface area contributed by atoms with Gasteiger partial charge < -0.3 is 19.1 Å². The van der Waals surface area contributed by atoms with Gasteiger partial charge in [0.2, 0.25) is 5.75 Å². The molecule has 0 fully saturated rings. The molecule has 0 atom stereocenters. The molecule has 0 amide bonds. The van der Waals surface area contributed by atoms with Crippen LogP contribution in [-0.4, -0.2) is 40.1 Å². The fourth-order valence-corrected chi connectivity index (χ4v) is 2.32. The van der Waals surface area contributed by atoms with E-state index in [1.165, 1.54) is 21.1 Å². The number of benzene rings is 2. The van der Waals surface area contributed by atoms with Crippen molar-refractivity contribution in [1.29, 1.82) is 0 Å². The fraction of sp³-hybridized carbons (Fsp3) is 0.263. The highest BCUT2D eigenvalue weighted by atomic mass is 16.6. The summed E-state index contributed by atoms with van der Waals surface area (Å²) in [6, 6.07) is 10.1. The number of rotatable bonds is 6. The van der Waals surface area contributed by atoms with Gasteiger partial charge >= 0.3 is 5.97 Å². The van der Waals surface area contributed by atoms with Crippen molar-refractivity contribution in [3.63, 3.8) is 0 Å². The van der Waals surface area contributed by atoms with Gasteiger partial charge in [0.25, 0.3) is 0 Å². The molecule has 0 spiro atoms. The van der Waals surface area contributed by atoms with Crippen molar-refractivity contribution < 1.29 is 23.8 Å². The van der Waals surface area contributed by atoms with Gasteiger partial charge in [-0.25, -0.2) is 4.79 Å². The topological polar surface area (TPSA) is 65.1 Å². The first kappa shape index (κ1) is 18.3. The van der Waals surface area contributed by atoms with Crippen molar-refractivity contribution in [2.24, 2.45) is 0 Å². The van der Waals surface area contributed by atoms with Crippen molar-refractivity contribution in [2.75, 3.05) is 33.2 Å². The minimum atomic E-state index is -0.584. The third kappa shape index (κ3) is 3.91. The van der Waals surface area contributed by atoms with Gasteiger partial charge in [-0.05, 0) is 43.3 Å². The molecule has 0 aliphatic carbocycles. The highest BCUT2D eigenvalue weighted by Crippen LogP contribution is 2.40. The molecule has 0 radical (unpaired) electrons. The normalized spacial score (nSPS) is 10.1. The van der Waals surface area contributed by atoms with Crippen LogP contribution in [0.15, 0.2) is 36.4 Å². The van der Waals surface area contributed by atoms with Crippen molar-refractivity contribution in [3.8, 4) is 17.2 Å². The van der Waals surface area contributed by atoms with Crippen LogP contribution in [0.2, 0.25) is 0 Å². The largest absolute Gasteiger partial charge is 0.493 e. The van der Waals surface area contributed by atoms with Crippen LogP contribution in [0.1, 0.15) is 27.6 Å². The number of esters is 1. The van der Waals surface area contributed by atoms with E-state index in [0.717, 1.165) is 5.69 Å². The third-order valence-corrected chi connectivity index (χ3v) is 3.69. The molecular weight excluding hydrogens is 322 g/mol. The summed E-state index contributed by atoms with van der Waals surface area (Å²) in [7, 11) is 6.71. The van der Waals surface area contributed by atoms with Gasteiger partial charge in [0.15, 0.2) is 17.3 Å². The highest BCUT2D eigenvalue weighted by molar-refractivity contribution is 6.00. The number of carbonyl (C=O) groups excluding carboxylic acids is 2. The Balaban J connectivity index is 2.40. The maximum Gasteiger partial charge on any atom is 0.343 e. The molecule has 2 rings (SSSR count). The molecule has 0 aliphatic rings. The average Bonchev–Trinajstić information content (AvgIpc) is 2.60. The number of nitrogens with zero attached hydrogens (tertiary/aromatic N) is 1. The quantitative estimate of drug-likeness (QED) is 0.456. The van der Waals surface area contributed by atoms with E-state index < -0.39 is 5.97 Å². The molecule has 132 valence electrons. The zero-order chi connectivity index (χ0) is 18.6. The zero-order valence-electron chi connectivity index (χ0n) is 15.0. The zero-order valence-corrected chi connectivity index (χ0v) is 15.0. The van der Waals surface area contributed by atoms with Crippen LogP contribution < -0.4 is 19.1 Å². The monoisotopic (exact) mass is 343 g/mol. The van der Waals surface area contributed by atoms with E-state index in [1.54, 1.807) is 24.3 Å². The molecule has 0 saturated carbocycles. The molecule has 6 nitrogen and oxygen atoms in total. The Kier molecular flexibility index (Phi) is 5.64. The average molecular weight is 343 g/mol. The van der Waals surface area contributed by atoms with Crippen LogP contribution in [-0.2, 0) is 0 Å². The lowest BCUT2D eigenvalue weighted by molar-refractivity contribution is 0.0727. The van der Waals surface area contributed by atoms with E-state index in [0.29, 0.717) is 11.3 Å². The molecule has 0 aliphatic heterocycles. The van der Waals surface area contributed by atoms with Crippen LogP contribution in [0.5, 0.6) is 17.2 Å². The van der Waals surface area contributed by atoms with E-state index in [-0.39, 0.29) is 22.8 Å². The van der Waals surface area contributed by atoms with E-state index in [9.17, 15) is 9.59 Å². The van der Waals surface area contributed by atoms with Crippen molar-refractivity contribution in [3.05, 3.63) is 47.5 Å². The number of hydrogen-bond donors (Lipinski definition) is 0. The lowest BCUT2D eigenvalue weighted by Crippen LogP contribution is -2.13. The van der Waals surface area contributed by atoms with Gasteiger partial charge in [0, 0.05) is 19.8 Å². The van der Waals surface area contributed by atoms with Crippen molar-refractivity contribution >= 4 is 17.4 Å². The molecule has 0 aromatic heterocycles. The first-order chi connectivity index (χ1) is 11.9. The Hall–Kier alpha value is -3.02. The molecule has 0 N–H and O–H groups in total. The second kappa shape index (κ2) is 7.70. The molecule has 0 heterocycles. The summed E-state index contributed by atoms with van der Waals surface area (Å²) in [4.78, 5) is 26.3. The highest BCUT2D eigenvalue weighted by Gasteiger charge is 2.22. The predicted octanol–water partition coefficient (Wildman–Crippen LogP) is 3.19. The Morgan fingerprint density at radius 1 is 0.880 bits per heavy atom. The Morgan fingerprint density at radius 2 is 1.52 bits per heavy atom. The lowest BCUT2D eigenvalue weighted by Gasteiger charge is -2.16. The molecule has 25 heavy (non-hydrogen) atoms. The fourth-order valence-electron chi connectivity index (χ4n) is 2.32. The number of methoxy groups -OCH3 is 2. The van der Waals surface area contributed by atoms with Gasteiger partial charge in [-0.3, -0.25) is 4.79 Å². The van der Waals surface area contributed by atoms with E-state index in [1.807, 2.05) is 31.1 Å². The van der Waals surface area contributed by atoms with Crippen molar-refractivity contribution in [2.45, 2.75) is 6.92 Å². The standard InChI is InChI=1S/C19H21NO5/c1-12(21)15-10-11-16(23-4)18(24-5)17(15)25-19(22)13-6-8-14(9-7-13)20(2)3/h6-11H,1-5H3. The molecule has 0 unspecified atom stereocenters. The maximum atomic E-state index is 12.5. The summed E-state index contributed by atoms with van der Waals surface area (Å²) in [5.74, 6) is -0.200. The van der Waals surface area contributed by atoms with Gasteiger partial charge in [0.1, 0.15) is 0 Å². The number of Topliss-reactive ketones (excluding diaryl/α,β-unsaturated/α-hetero) is 1. The predicted molar refractivity (Wildman–Crippen MR) is 95.3 cm³/mol. The van der Waals surface area contributed by atoms with Crippen LogP contribution in [0.3, 0.4) is 0 Å². The summed E-state index contributed by atoms with van der Waals surface area (Å²) in [5, 5.41) is 0. The number of anilines is 1. The van der Waals surface area contributed by atoms with E-state index in [2.05, 4.69) is 0 Å². The van der Waals surface area contributed by atoms with Crippen LogP contribution in [0, 0.1) is 0 Å². The lowest BCUT2D eigenvalue weighted by atomic mass is 10.1. The molecular formula is C19H21NO5. The van der Waals surface area contributed by atoms with Gasteiger partial charge in [-0.1, -0.05) is 0 Å². The van der Waals surface area contributed by atoms with Gasteiger partial charge in [0.05, 0.1) is 25.3 Å². The van der Waals surface area contributed by atoms with Gasteiger partial charge in [-0.15, -0.1) is 0 Å². The number of carbonyl (C=O) groups is 2. The number of ketones is 1. The SMILES string of the molecule is COc1ccc(C(C)=O)c(OC(=O)c2ccc(N(C)C)cc2)c1OC. The summed E-state index contributed by atoms with van der Waals surface area (Å²) >= 11 is 0. The summed E-state index contributed by atoms with van der Waals surface area (Å²) < 4.78 is 16.0. The summed E-state index contributed by atoms with van der Waals surface area (Å²) in [5.41, 5.74) is 1.57. The van der Waals surface area contributed by atoms with Gasteiger partial charge in [-0.2, -0.15) is 0 Å². The molecule has 0 saturated heterocycles. The maximum absolute atomic E-state index is 12.5. The summed E-state index contributed by atoms with van der Waals surface area (Å²) in [6.07, 6.45) is 0. The minimum Gasteiger partial charge on any atom is -0.493 e. The molecule has 2 aromatic carbocycles. The Labute approximate surface area is 146 Å². The number of hydrogen-bond acceptors (Lipinski definition) is 6. The molecule has 2 aromatic rings. The first-order valence-electron chi connectivity index (χ1n) is 7.64. The Morgan fingerprint density at radius 3 is 2.00 bits per heavy atom. The second-order valence-electron chi connectivity index (χ2n) is 5.56. The van der Waals surface area contributed by atoms with Crippen LogP contribution in [0.4, 0.5) is 5.69 Å². The van der Waals surface area contributed by atoms with E-state index in [4.69, 9.17) is 14.2 Å². The molecule has 0 bridgehead atoms. The van der Waals surface area contributed by atoms with Crippen molar-refractivity contribution in [1.82, 2.24) is 0 Å². The summed E-state index contributed by atoms with van der Waals surface area (Å²) in [6.45, 7) is 1.39. The van der Waals surface area contributed by atoms with Crippen LogP contribution in [0.25, 0.3) is 0 Å². The molecule has 6 heteroatoms. The van der Waals surface area contributed by atoms with E-state index >= 15 is 0 Å². The van der Waals surface area contributed by atoms with Crippen LogP contribution >= 0.6 is 0 Å². The second-order valence-corrected chi connectivity index (χ2v) is 5.56. The third-order valence-electron chi connectivity index (χ3n) is 3.69. The smallest absolute Gasteiger partial charge is 0.343 e. The minimum absolute atomic E-state index is 0.0519. The Bertz CT molecular complexity index is 781. The number of ether oxygens (including phenoxy) is 3.